The molecule has 26 heavy (non-hydrogen) atoms. The van der Waals surface area contributed by atoms with Crippen LogP contribution in [0.15, 0.2) is 18.2 Å². The Morgan fingerprint density at radius 2 is 2.08 bits per heavy atom. The van der Waals surface area contributed by atoms with Crippen molar-refractivity contribution in [1.29, 1.82) is 0 Å². The van der Waals surface area contributed by atoms with Gasteiger partial charge in [0.05, 0.1) is 17.7 Å². The number of aromatic carboxylic acids is 1. The van der Waals surface area contributed by atoms with Crippen molar-refractivity contribution in [3.8, 4) is 5.75 Å². The summed E-state index contributed by atoms with van der Waals surface area (Å²) in [6.45, 7) is 3.51. The Bertz CT molecular complexity index is 723. The summed E-state index contributed by atoms with van der Waals surface area (Å²) in [5.74, 6) is -2.88. The second-order valence-electron chi connectivity index (χ2n) is 6.75. The smallest absolute Gasteiger partial charge is 0.335 e. The lowest BCUT2D eigenvalue weighted by atomic mass is 9.73. The molecule has 1 unspecified atom stereocenters. The quantitative estimate of drug-likeness (QED) is 0.470. The number of benzene rings is 1. The van der Waals surface area contributed by atoms with Crippen molar-refractivity contribution in [3.63, 3.8) is 0 Å². The lowest BCUT2D eigenvalue weighted by Gasteiger charge is -2.45. The van der Waals surface area contributed by atoms with Crippen molar-refractivity contribution in [1.82, 2.24) is 5.32 Å². The Balaban J connectivity index is 1.98. The van der Waals surface area contributed by atoms with E-state index in [0.29, 0.717) is 31.7 Å². The predicted octanol–water partition coefficient (Wildman–Crippen LogP) is 2.04. The second-order valence-corrected chi connectivity index (χ2v) is 6.75. The highest BCUT2D eigenvalue weighted by atomic mass is 16.5. The molecule has 140 valence electrons. The molecule has 1 aromatic rings. The fourth-order valence-corrected chi connectivity index (χ4v) is 3.58. The highest BCUT2D eigenvalue weighted by Crippen LogP contribution is 2.42. The van der Waals surface area contributed by atoms with Gasteiger partial charge in [-0.25, -0.2) is 4.79 Å². The molecule has 0 aromatic heterocycles. The first-order valence-corrected chi connectivity index (χ1v) is 8.96. The number of carbonyl (C=O) groups excluding carboxylic acids is 2. The number of nitrogens with one attached hydrogen (secondary N) is 1. The average molecular weight is 361 g/mol. The van der Waals surface area contributed by atoms with Crippen LogP contribution >= 0.6 is 0 Å². The molecule has 7 nitrogen and oxygen atoms in total. The number of ether oxygens (including phenoxy) is 2. The number of carbonyl (C=O) groups is 3. The minimum Gasteiger partial charge on any atom is -0.485 e. The summed E-state index contributed by atoms with van der Waals surface area (Å²) in [6, 6.07) is 4.18. The minimum absolute atomic E-state index is 0.0138. The summed E-state index contributed by atoms with van der Waals surface area (Å²) in [5, 5.41) is 12.4. The van der Waals surface area contributed by atoms with Gasteiger partial charge in [-0.3, -0.25) is 9.59 Å². The molecule has 7 heteroatoms. The third-order valence-electron chi connectivity index (χ3n) is 5.02. The Kier molecular flexibility index (Phi) is 5.27. The first-order valence-electron chi connectivity index (χ1n) is 8.96. The number of carboxylic acids is 1. The van der Waals surface area contributed by atoms with Gasteiger partial charge in [0, 0.05) is 12.8 Å². The van der Waals surface area contributed by atoms with E-state index in [4.69, 9.17) is 9.47 Å². The van der Waals surface area contributed by atoms with Gasteiger partial charge < -0.3 is 19.9 Å². The second kappa shape index (κ2) is 7.45. The monoisotopic (exact) mass is 361 g/mol. The predicted molar refractivity (Wildman–Crippen MR) is 92.6 cm³/mol. The van der Waals surface area contributed by atoms with Crippen LogP contribution in [0.5, 0.6) is 5.75 Å². The molecule has 0 bridgehead atoms. The molecule has 1 atom stereocenters. The first-order chi connectivity index (χ1) is 12.5. The van der Waals surface area contributed by atoms with E-state index >= 15 is 0 Å². The molecule has 0 radical (unpaired) electrons. The zero-order valence-electron chi connectivity index (χ0n) is 14.7. The van der Waals surface area contributed by atoms with Gasteiger partial charge in [0.15, 0.2) is 11.7 Å². The number of hydrogen-bond acceptors (Lipinski definition) is 6. The van der Waals surface area contributed by atoms with Crippen LogP contribution in [0.2, 0.25) is 0 Å². The number of fused-ring (bicyclic) bond motifs is 1. The fourth-order valence-electron chi connectivity index (χ4n) is 3.58. The highest BCUT2D eigenvalue weighted by Gasteiger charge is 2.54. The molecule has 1 aromatic carbocycles. The Hall–Kier alpha value is -2.41. The summed E-state index contributed by atoms with van der Waals surface area (Å²) in [4.78, 5) is 37.1. The number of unbranched alkanes of at least 4 members (excludes halogenated alkanes) is 1. The molecule has 0 amide bonds. The Labute approximate surface area is 151 Å². The van der Waals surface area contributed by atoms with Crippen LogP contribution < -0.4 is 10.1 Å². The number of esters is 1. The highest BCUT2D eigenvalue weighted by molar-refractivity contribution is 6.12. The minimum atomic E-state index is -1.13. The van der Waals surface area contributed by atoms with Crippen LogP contribution in [-0.4, -0.2) is 48.1 Å². The van der Waals surface area contributed by atoms with E-state index in [9.17, 15) is 19.5 Å². The van der Waals surface area contributed by atoms with Crippen LogP contribution in [0.3, 0.4) is 0 Å². The zero-order valence-corrected chi connectivity index (χ0v) is 14.7. The van der Waals surface area contributed by atoms with Gasteiger partial charge in [-0.1, -0.05) is 13.3 Å². The topological polar surface area (TPSA) is 102 Å². The van der Waals surface area contributed by atoms with Gasteiger partial charge in [-0.05, 0) is 37.7 Å². The lowest BCUT2D eigenvalue weighted by molar-refractivity contribution is -0.156. The molecule has 0 saturated carbocycles. The number of Topliss-reactive ketones (excluding diaryl/α,β-unsaturated/α-hetero) is 1. The van der Waals surface area contributed by atoms with Crippen LogP contribution in [0.25, 0.3) is 0 Å². The molecular weight excluding hydrogens is 338 g/mol. The van der Waals surface area contributed by atoms with Crippen LogP contribution in [0, 0.1) is 5.92 Å². The van der Waals surface area contributed by atoms with E-state index in [2.05, 4.69) is 5.32 Å². The molecule has 0 aliphatic carbocycles. The Morgan fingerprint density at radius 1 is 1.35 bits per heavy atom. The standard InChI is InChI=1S/C19H23NO6/c1-2-3-10-25-18(24)15-16(21)13-11-12(17(22)23)4-5-14(13)26-19(15)6-8-20-9-7-19/h4-5,11,15,20H,2-3,6-10H2,1H3,(H,22,23). The normalized spacial score (nSPS) is 21.0. The maximum Gasteiger partial charge on any atom is 0.335 e. The molecule has 1 fully saturated rings. The van der Waals surface area contributed by atoms with E-state index in [0.717, 1.165) is 12.8 Å². The van der Waals surface area contributed by atoms with E-state index in [1.54, 1.807) is 0 Å². The summed E-state index contributed by atoms with van der Waals surface area (Å²) < 4.78 is 11.5. The van der Waals surface area contributed by atoms with Crippen molar-refractivity contribution in [2.24, 2.45) is 5.92 Å². The average Bonchev–Trinajstić information content (AvgIpc) is 2.62. The molecule has 1 saturated heterocycles. The van der Waals surface area contributed by atoms with Crippen LogP contribution in [0.4, 0.5) is 0 Å². The van der Waals surface area contributed by atoms with Gasteiger partial charge >= 0.3 is 11.9 Å². The molecule has 2 aliphatic heterocycles. The summed E-state index contributed by atoms with van der Waals surface area (Å²) in [6.07, 6.45) is 2.61. The summed E-state index contributed by atoms with van der Waals surface area (Å²) in [7, 11) is 0. The maximum atomic E-state index is 13.1. The van der Waals surface area contributed by atoms with E-state index < -0.39 is 29.2 Å². The fraction of sp³-hybridized carbons (Fsp3) is 0.526. The van der Waals surface area contributed by atoms with Crippen molar-refractivity contribution in [2.75, 3.05) is 19.7 Å². The van der Waals surface area contributed by atoms with Gasteiger partial charge in [0.1, 0.15) is 11.4 Å². The first kappa shape index (κ1) is 18.4. The third kappa shape index (κ3) is 3.31. The van der Waals surface area contributed by atoms with Gasteiger partial charge in [0.2, 0.25) is 0 Å². The summed E-state index contributed by atoms with van der Waals surface area (Å²) >= 11 is 0. The van der Waals surface area contributed by atoms with E-state index in [-0.39, 0.29) is 17.7 Å². The van der Waals surface area contributed by atoms with Crippen LogP contribution in [-0.2, 0) is 9.53 Å². The largest absolute Gasteiger partial charge is 0.485 e. The van der Waals surface area contributed by atoms with Gasteiger partial charge in [-0.2, -0.15) is 0 Å². The van der Waals surface area contributed by atoms with Crippen molar-refractivity contribution >= 4 is 17.7 Å². The number of rotatable bonds is 5. The van der Waals surface area contributed by atoms with Gasteiger partial charge in [0.25, 0.3) is 0 Å². The van der Waals surface area contributed by atoms with E-state index in [1.165, 1.54) is 18.2 Å². The summed E-state index contributed by atoms with van der Waals surface area (Å²) in [5.41, 5.74) is -0.824. The molecule has 2 N–H and O–H groups in total. The number of hydrogen-bond donors (Lipinski definition) is 2. The Morgan fingerprint density at radius 3 is 2.73 bits per heavy atom. The van der Waals surface area contributed by atoms with Gasteiger partial charge in [-0.15, -0.1) is 0 Å². The van der Waals surface area contributed by atoms with Crippen molar-refractivity contribution < 1.29 is 29.0 Å². The molecular formula is C19H23NO6. The lowest BCUT2D eigenvalue weighted by Crippen LogP contribution is -2.59. The number of piperidine rings is 1. The molecule has 3 rings (SSSR count). The SMILES string of the molecule is CCCCOC(=O)C1C(=O)c2cc(C(=O)O)ccc2OC12CCNCC2. The van der Waals surface area contributed by atoms with Crippen molar-refractivity contribution in [2.45, 2.75) is 38.2 Å². The van der Waals surface area contributed by atoms with E-state index in [1.807, 2.05) is 6.92 Å². The number of carboxylic acid groups (broad SMARTS) is 1. The molecule has 2 aliphatic rings. The third-order valence-corrected chi connectivity index (χ3v) is 5.02. The van der Waals surface area contributed by atoms with Crippen LogP contribution in [0.1, 0.15) is 53.3 Å². The van der Waals surface area contributed by atoms with Crippen molar-refractivity contribution in [3.05, 3.63) is 29.3 Å². The molecule has 2 heterocycles. The molecule has 1 spiro atoms. The zero-order chi connectivity index (χ0) is 18.7. The maximum absolute atomic E-state index is 13.1. The number of ketones is 1.